The maximum atomic E-state index is 12.8. The summed E-state index contributed by atoms with van der Waals surface area (Å²) in [6, 6.07) is 0. The van der Waals surface area contributed by atoms with Crippen LogP contribution in [0.3, 0.4) is 0 Å². The molecule has 0 saturated heterocycles. The minimum atomic E-state index is -0.774. The fourth-order valence-electron chi connectivity index (χ4n) is 7.37. The van der Waals surface area contributed by atoms with Crippen molar-refractivity contribution in [3.8, 4) is 0 Å². The second kappa shape index (κ2) is 47.6. The zero-order chi connectivity index (χ0) is 42.3. The first kappa shape index (κ1) is 55.9. The van der Waals surface area contributed by atoms with Crippen LogP contribution in [0.5, 0.6) is 0 Å². The molecule has 0 aliphatic heterocycles. The molecule has 0 N–H and O–H groups in total. The van der Waals surface area contributed by atoms with Gasteiger partial charge >= 0.3 is 17.9 Å². The molecular weight excluding hydrogens is 721 g/mol. The van der Waals surface area contributed by atoms with E-state index in [4.69, 9.17) is 14.2 Å². The quantitative estimate of drug-likeness (QED) is 0.0263. The van der Waals surface area contributed by atoms with Crippen LogP contribution in [0.2, 0.25) is 0 Å². The molecule has 0 aliphatic carbocycles. The highest BCUT2D eigenvalue weighted by Gasteiger charge is 2.19. The minimum Gasteiger partial charge on any atom is -0.462 e. The minimum absolute atomic E-state index is 0.0751. The Morgan fingerprint density at radius 2 is 0.603 bits per heavy atom. The molecule has 0 aromatic rings. The molecule has 0 saturated carbocycles. The second-order valence-corrected chi connectivity index (χ2v) is 17.1. The van der Waals surface area contributed by atoms with Crippen LogP contribution < -0.4 is 0 Å². The lowest BCUT2D eigenvalue weighted by molar-refractivity contribution is -0.167. The molecular formula is C52H96O6. The van der Waals surface area contributed by atoms with Gasteiger partial charge in [0, 0.05) is 19.3 Å². The van der Waals surface area contributed by atoms with Crippen molar-refractivity contribution in [2.24, 2.45) is 0 Å². The predicted octanol–water partition coefficient (Wildman–Crippen LogP) is 16.4. The molecule has 0 spiro atoms. The largest absolute Gasteiger partial charge is 0.462 e. The van der Waals surface area contributed by atoms with Gasteiger partial charge in [-0.25, -0.2) is 0 Å². The van der Waals surface area contributed by atoms with Crippen molar-refractivity contribution in [3.63, 3.8) is 0 Å². The summed E-state index contributed by atoms with van der Waals surface area (Å²) >= 11 is 0. The molecule has 0 rings (SSSR count). The van der Waals surface area contributed by atoms with E-state index < -0.39 is 6.10 Å². The Morgan fingerprint density at radius 1 is 0.345 bits per heavy atom. The number of unbranched alkanes of at least 4 members (excludes halogenated alkanes) is 32. The van der Waals surface area contributed by atoms with Crippen LogP contribution in [0.1, 0.15) is 271 Å². The maximum Gasteiger partial charge on any atom is 0.306 e. The van der Waals surface area contributed by atoms with E-state index in [0.29, 0.717) is 19.3 Å². The fraction of sp³-hybridized carbons (Fsp3) is 0.865. The third kappa shape index (κ3) is 45.0. The average molecular weight is 817 g/mol. The Labute approximate surface area is 360 Å². The summed E-state index contributed by atoms with van der Waals surface area (Å²) in [5.41, 5.74) is 0. The van der Waals surface area contributed by atoms with Gasteiger partial charge in [0.05, 0.1) is 0 Å². The summed E-state index contributed by atoms with van der Waals surface area (Å²) in [7, 11) is 0. The van der Waals surface area contributed by atoms with Gasteiger partial charge in [-0.1, -0.05) is 231 Å². The van der Waals surface area contributed by atoms with Crippen LogP contribution in [-0.4, -0.2) is 37.2 Å². The summed E-state index contributed by atoms with van der Waals surface area (Å²) in [5.74, 6) is -0.891. The molecule has 0 radical (unpaired) electrons. The SMILES string of the molecule is CCCCCCCCC/C=C\C=C/CCCCCC(=O)OCC(COC(=O)CCCCCCCCCCCCC)OC(=O)CCCCCCCCCCCCCCC. The van der Waals surface area contributed by atoms with Gasteiger partial charge in [-0.05, 0) is 44.9 Å². The lowest BCUT2D eigenvalue weighted by atomic mass is 10.0. The van der Waals surface area contributed by atoms with Crippen LogP contribution in [0.15, 0.2) is 24.3 Å². The van der Waals surface area contributed by atoms with E-state index in [9.17, 15) is 14.4 Å². The standard InChI is InChI=1S/C52H96O6/c1-4-7-10-13-16-19-22-24-25-26-28-30-33-36-39-42-45-51(54)57-48-49(47-56-50(53)44-41-38-35-32-29-21-18-15-12-9-6-3)58-52(55)46-43-40-37-34-31-27-23-20-17-14-11-8-5-2/h25-26,28,30,49H,4-24,27,29,31-48H2,1-3H3/b26-25-,30-28-. The van der Waals surface area contributed by atoms with Crippen molar-refractivity contribution < 1.29 is 28.6 Å². The smallest absolute Gasteiger partial charge is 0.306 e. The van der Waals surface area contributed by atoms with Crippen LogP contribution >= 0.6 is 0 Å². The van der Waals surface area contributed by atoms with Crippen molar-refractivity contribution >= 4 is 17.9 Å². The summed E-state index contributed by atoms with van der Waals surface area (Å²) in [6.45, 7) is 6.62. The first-order valence-electron chi connectivity index (χ1n) is 25.4. The normalized spacial score (nSPS) is 12.1. The van der Waals surface area contributed by atoms with E-state index in [0.717, 1.165) is 70.6 Å². The average Bonchev–Trinajstić information content (AvgIpc) is 3.22. The van der Waals surface area contributed by atoms with Gasteiger partial charge in [-0.15, -0.1) is 0 Å². The van der Waals surface area contributed by atoms with E-state index in [1.54, 1.807) is 0 Å². The Balaban J connectivity index is 4.37. The van der Waals surface area contributed by atoms with Crippen molar-refractivity contribution in [2.75, 3.05) is 13.2 Å². The van der Waals surface area contributed by atoms with Crippen molar-refractivity contribution in [1.29, 1.82) is 0 Å². The van der Waals surface area contributed by atoms with E-state index in [1.165, 1.54) is 161 Å². The summed E-state index contributed by atoms with van der Waals surface area (Å²) in [5, 5.41) is 0. The van der Waals surface area contributed by atoms with Gasteiger partial charge in [0.2, 0.25) is 0 Å². The van der Waals surface area contributed by atoms with Crippen molar-refractivity contribution in [1.82, 2.24) is 0 Å². The molecule has 0 bridgehead atoms. The van der Waals surface area contributed by atoms with Crippen LogP contribution in [0.25, 0.3) is 0 Å². The Morgan fingerprint density at radius 3 is 0.931 bits per heavy atom. The number of rotatable bonds is 46. The van der Waals surface area contributed by atoms with Gasteiger partial charge in [-0.3, -0.25) is 14.4 Å². The molecule has 0 aliphatic rings. The van der Waals surface area contributed by atoms with E-state index >= 15 is 0 Å². The Kier molecular flexibility index (Phi) is 45.8. The molecule has 6 nitrogen and oxygen atoms in total. The molecule has 0 heterocycles. The first-order chi connectivity index (χ1) is 28.5. The number of esters is 3. The second-order valence-electron chi connectivity index (χ2n) is 17.1. The topological polar surface area (TPSA) is 78.9 Å². The Bertz CT molecular complexity index is 942. The zero-order valence-electron chi connectivity index (χ0n) is 38.8. The highest BCUT2D eigenvalue weighted by atomic mass is 16.6. The van der Waals surface area contributed by atoms with Gasteiger partial charge in [0.25, 0.3) is 0 Å². The number of carbonyl (C=O) groups is 3. The van der Waals surface area contributed by atoms with E-state index in [-0.39, 0.29) is 31.1 Å². The maximum absolute atomic E-state index is 12.8. The van der Waals surface area contributed by atoms with Crippen molar-refractivity contribution in [2.45, 2.75) is 277 Å². The first-order valence-corrected chi connectivity index (χ1v) is 25.4. The monoisotopic (exact) mass is 817 g/mol. The molecule has 0 fully saturated rings. The third-order valence-electron chi connectivity index (χ3n) is 11.2. The summed E-state index contributed by atoms with van der Waals surface area (Å²) in [4.78, 5) is 37.9. The lowest BCUT2D eigenvalue weighted by Gasteiger charge is -2.18. The number of ether oxygens (including phenoxy) is 3. The molecule has 1 unspecified atom stereocenters. The van der Waals surface area contributed by atoms with Gasteiger partial charge in [0.1, 0.15) is 13.2 Å². The number of hydrogen-bond acceptors (Lipinski definition) is 6. The van der Waals surface area contributed by atoms with Crippen LogP contribution in [0, 0.1) is 0 Å². The van der Waals surface area contributed by atoms with Gasteiger partial charge < -0.3 is 14.2 Å². The number of allylic oxidation sites excluding steroid dienone is 4. The molecule has 0 aromatic carbocycles. The van der Waals surface area contributed by atoms with Crippen LogP contribution in [0.4, 0.5) is 0 Å². The molecule has 0 amide bonds. The molecule has 6 heteroatoms. The van der Waals surface area contributed by atoms with Gasteiger partial charge in [-0.2, -0.15) is 0 Å². The Hall–Kier alpha value is -2.11. The summed E-state index contributed by atoms with van der Waals surface area (Å²) in [6.07, 6.45) is 53.0. The van der Waals surface area contributed by atoms with Crippen LogP contribution in [-0.2, 0) is 28.6 Å². The fourth-order valence-corrected chi connectivity index (χ4v) is 7.37. The van der Waals surface area contributed by atoms with Crippen molar-refractivity contribution in [3.05, 3.63) is 24.3 Å². The molecule has 1 atom stereocenters. The molecule has 58 heavy (non-hydrogen) atoms. The molecule has 0 aromatic heterocycles. The number of hydrogen-bond donors (Lipinski definition) is 0. The predicted molar refractivity (Wildman–Crippen MR) is 247 cm³/mol. The number of carbonyl (C=O) groups excluding carboxylic acids is 3. The van der Waals surface area contributed by atoms with Gasteiger partial charge in [0.15, 0.2) is 6.10 Å². The lowest BCUT2D eigenvalue weighted by Crippen LogP contribution is -2.30. The van der Waals surface area contributed by atoms with E-state index in [2.05, 4.69) is 45.1 Å². The zero-order valence-corrected chi connectivity index (χ0v) is 38.8. The van der Waals surface area contributed by atoms with E-state index in [1.807, 2.05) is 0 Å². The molecule has 340 valence electrons. The summed E-state index contributed by atoms with van der Waals surface area (Å²) < 4.78 is 16.8. The highest BCUT2D eigenvalue weighted by Crippen LogP contribution is 2.15. The highest BCUT2D eigenvalue weighted by molar-refractivity contribution is 5.71. The third-order valence-corrected chi connectivity index (χ3v) is 11.2.